The molecule has 0 N–H and O–H groups in total. The number of nitrogens with zero attached hydrogens (tertiary/aromatic N) is 1. The third kappa shape index (κ3) is 2.52. The van der Waals surface area contributed by atoms with Crippen LogP contribution in [0.3, 0.4) is 0 Å². The van der Waals surface area contributed by atoms with Gasteiger partial charge in [0.05, 0.1) is 31.1 Å². The summed E-state index contributed by atoms with van der Waals surface area (Å²) in [5.74, 6) is -1.80. The Kier molecular flexibility index (Phi) is 4.54. The number of alkyl halides is 1. The maximum atomic E-state index is 14.9. The molecule has 1 amide bonds. The lowest BCUT2D eigenvalue weighted by atomic mass is 9.65. The van der Waals surface area contributed by atoms with Gasteiger partial charge in [0.25, 0.3) is 0 Å². The van der Waals surface area contributed by atoms with Crippen molar-refractivity contribution in [3.05, 3.63) is 0 Å². The van der Waals surface area contributed by atoms with Crippen LogP contribution < -0.4 is 0 Å². The van der Waals surface area contributed by atoms with E-state index in [4.69, 9.17) is 14.2 Å². The summed E-state index contributed by atoms with van der Waals surface area (Å²) in [5.41, 5.74) is -2.18. The van der Waals surface area contributed by atoms with Crippen LogP contribution in [0.25, 0.3) is 0 Å². The van der Waals surface area contributed by atoms with Crippen LogP contribution in [0, 0.1) is 16.7 Å². The molecule has 24 heavy (non-hydrogen) atoms. The topological polar surface area (TPSA) is 82.1 Å². The smallest absolute Gasteiger partial charge is 0.412 e. The Morgan fingerprint density at radius 2 is 1.88 bits per heavy atom. The zero-order valence-electron chi connectivity index (χ0n) is 14.8. The molecule has 0 aromatic heterocycles. The van der Waals surface area contributed by atoms with Gasteiger partial charge in [0.2, 0.25) is 6.23 Å². The van der Waals surface area contributed by atoms with E-state index in [1.54, 1.807) is 27.7 Å². The first kappa shape index (κ1) is 18.5. The van der Waals surface area contributed by atoms with Crippen molar-refractivity contribution >= 4 is 18.0 Å². The Morgan fingerprint density at radius 3 is 2.38 bits per heavy atom. The average molecular weight is 345 g/mol. The predicted molar refractivity (Wildman–Crippen MR) is 80.5 cm³/mol. The Labute approximate surface area is 140 Å². The summed E-state index contributed by atoms with van der Waals surface area (Å²) in [5, 5.41) is 0. The summed E-state index contributed by atoms with van der Waals surface area (Å²) in [6, 6.07) is -0.730. The maximum Gasteiger partial charge on any atom is 0.412 e. The van der Waals surface area contributed by atoms with Crippen LogP contribution in [0.15, 0.2) is 0 Å². The van der Waals surface area contributed by atoms with Gasteiger partial charge < -0.3 is 14.2 Å². The molecule has 4 atom stereocenters. The summed E-state index contributed by atoms with van der Waals surface area (Å²) in [4.78, 5) is 37.7. The molecule has 7 nitrogen and oxygen atoms in total. The van der Waals surface area contributed by atoms with Gasteiger partial charge in [0.15, 0.2) is 6.17 Å². The van der Waals surface area contributed by atoms with E-state index in [-0.39, 0.29) is 6.42 Å². The molecular formula is C16H24FNO6. The number of carbonyl (C=O) groups excluding carboxylic acids is 3. The largest absolute Gasteiger partial charge is 0.469 e. The minimum Gasteiger partial charge on any atom is -0.469 e. The molecule has 2 rings (SSSR count). The van der Waals surface area contributed by atoms with E-state index in [0.717, 1.165) is 12.0 Å². The second-order valence-corrected chi connectivity index (χ2v) is 7.41. The number of piperidine rings is 1. The van der Waals surface area contributed by atoms with Crippen molar-refractivity contribution in [2.24, 2.45) is 16.7 Å². The van der Waals surface area contributed by atoms with Gasteiger partial charge >= 0.3 is 18.0 Å². The normalized spacial score (nSPS) is 32.0. The number of halogens is 1. The molecule has 136 valence electrons. The van der Waals surface area contributed by atoms with Crippen molar-refractivity contribution in [3.63, 3.8) is 0 Å². The quantitative estimate of drug-likeness (QED) is 0.561. The fraction of sp³-hybridized carbons (Fsp3) is 0.812. The van der Waals surface area contributed by atoms with E-state index >= 15 is 0 Å². The monoisotopic (exact) mass is 345 g/mol. The van der Waals surface area contributed by atoms with E-state index in [1.807, 2.05) is 0 Å². The van der Waals surface area contributed by atoms with Gasteiger partial charge in [0.1, 0.15) is 0 Å². The summed E-state index contributed by atoms with van der Waals surface area (Å²) >= 11 is 0. The third-order valence-corrected chi connectivity index (χ3v) is 5.35. The molecule has 0 unspecified atom stereocenters. The molecule has 2 aliphatic heterocycles. The van der Waals surface area contributed by atoms with Gasteiger partial charge in [-0.3, -0.25) is 14.5 Å². The highest BCUT2D eigenvalue weighted by Gasteiger charge is 2.62. The molecule has 0 radical (unpaired) electrons. The minimum absolute atomic E-state index is 0.122. The Hall–Kier alpha value is -1.86. The highest BCUT2D eigenvalue weighted by atomic mass is 19.1. The zero-order chi connectivity index (χ0) is 18.4. The summed E-state index contributed by atoms with van der Waals surface area (Å²) < 4.78 is 29.7. The first-order chi connectivity index (χ1) is 11.0. The highest BCUT2D eigenvalue weighted by Crippen LogP contribution is 2.50. The molecule has 0 spiro atoms. The summed E-state index contributed by atoms with van der Waals surface area (Å²) in [7, 11) is 2.40. The molecule has 2 fully saturated rings. The molecule has 0 aromatic carbocycles. The molecule has 2 aliphatic rings. The van der Waals surface area contributed by atoms with Crippen LogP contribution in [-0.4, -0.2) is 55.6 Å². The number of fused-ring (bicyclic) bond motifs is 2. The van der Waals surface area contributed by atoms with Gasteiger partial charge in [-0.2, -0.15) is 0 Å². The number of methoxy groups -OCH3 is 2. The van der Waals surface area contributed by atoms with E-state index in [0.29, 0.717) is 0 Å². The molecule has 0 aliphatic carbocycles. The molecular weight excluding hydrogens is 321 g/mol. The molecule has 2 heterocycles. The first-order valence-electron chi connectivity index (χ1n) is 7.80. The lowest BCUT2D eigenvalue weighted by molar-refractivity contribution is -0.229. The van der Waals surface area contributed by atoms with Crippen LogP contribution >= 0.6 is 0 Å². The molecule has 0 aromatic rings. The standard InChI is InChI=1S/C16H24FNO6/c1-15(2)8-7-9(16(3,4)12(19)22-5)18(14(21)23-6)11(10(8)17)24-13(15)20/h8-11H,7H2,1-6H3/t8-,9+,10-,11-/m0/s1. The van der Waals surface area contributed by atoms with Crippen molar-refractivity contribution in [2.45, 2.75) is 52.6 Å². The van der Waals surface area contributed by atoms with Crippen molar-refractivity contribution in [2.75, 3.05) is 14.2 Å². The maximum absolute atomic E-state index is 14.9. The van der Waals surface area contributed by atoms with E-state index < -0.39 is 53.2 Å². The fourth-order valence-corrected chi connectivity index (χ4v) is 3.62. The molecule has 2 saturated heterocycles. The van der Waals surface area contributed by atoms with Crippen molar-refractivity contribution in [3.8, 4) is 0 Å². The number of likely N-dealkylation sites (tertiary alicyclic amines) is 1. The number of esters is 2. The predicted octanol–water partition coefficient (Wildman–Crippen LogP) is 1.89. The lowest BCUT2D eigenvalue weighted by Crippen LogP contribution is -2.69. The average Bonchev–Trinajstić information content (AvgIpc) is 2.52. The SMILES string of the molecule is COC(=O)N1[C@H]2OC(=O)C(C)(C)[C@@H](C[C@@H]1C(C)(C)C(=O)OC)[C@@H]2F. The van der Waals surface area contributed by atoms with Crippen molar-refractivity contribution in [1.29, 1.82) is 0 Å². The van der Waals surface area contributed by atoms with Gasteiger partial charge in [-0.05, 0) is 34.1 Å². The first-order valence-corrected chi connectivity index (χ1v) is 7.80. The number of rotatable bonds is 2. The number of ether oxygens (including phenoxy) is 3. The molecule has 0 saturated carbocycles. The number of amides is 1. The highest BCUT2D eigenvalue weighted by molar-refractivity contribution is 5.81. The van der Waals surface area contributed by atoms with Crippen LogP contribution in [0.4, 0.5) is 9.18 Å². The summed E-state index contributed by atoms with van der Waals surface area (Å²) in [6.45, 7) is 6.45. The molecule has 8 heteroatoms. The fourth-order valence-electron chi connectivity index (χ4n) is 3.62. The number of hydrogen-bond donors (Lipinski definition) is 0. The van der Waals surface area contributed by atoms with Gasteiger partial charge in [-0.1, -0.05) is 0 Å². The number of carbonyl (C=O) groups is 3. The van der Waals surface area contributed by atoms with Crippen LogP contribution in [0.5, 0.6) is 0 Å². The Morgan fingerprint density at radius 1 is 1.29 bits per heavy atom. The van der Waals surface area contributed by atoms with E-state index in [9.17, 15) is 18.8 Å². The van der Waals surface area contributed by atoms with Gasteiger partial charge in [0, 0.05) is 5.92 Å². The van der Waals surface area contributed by atoms with Crippen molar-refractivity contribution < 1.29 is 33.0 Å². The van der Waals surface area contributed by atoms with Crippen LogP contribution in [0.1, 0.15) is 34.1 Å². The van der Waals surface area contributed by atoms with Crippen LogP contribution in [-0.2, 0) is 23.8 Å². The number of hydrogen-bond acceptors (Lipinski definition) is 6. The van der Waals surface area contributed by atoms with Crippen molar-refractivity contribution in [1.82, 2.24) is 4.90 Å². The second kappa shape index (κ2) is 5.89. The minimum atomic E-state index is -1.55. The Balaban J connectivity index is 2.52. The third-order valence-electron chi connectivity index (χ3n) is 5.35. The Bertz CT molecular complexity index is 561. The van der Waals surface area contributed by atoms with Gasteiger partial charge in [-0.25, -0.2) is 9.18 Å². The van der Waals surface area contributed by atoms with Gasteiger partial charge in [-0.15, -0.1) is 0 Å². The molecule has 2 bridgehead atoms. The van der Waals surface area contributed by atoms with Crippen LogP contribution in [0.2, 0.25) is 0 Å². The second-order valence-electron chi connectivity index (χ2n) is 7.41. The summed E-state index contributed by atoms with van der Waals surface area (Å²) in [6.07, 6.45) is -3.69. The van der Waals surface area contributed by atoms with E-state index in [1.165, 1.54) is 7.11 Å². The lowest BCUT2D eigenvalue weighted by Gasteiger charge is -2.55. The zero-order valence-corrected chi connectivity index (χ0v) is 14.8. The van der Waals surface area contributed by atoms with E-state index in [2.05, 4.69) is 0 Å².